The average molecular weight is 326 g/mol. The Labute approximate surface area is 138 Å². The first-order chi connectivity index (χ1) is 11.7. The van der Waals surface area contributed by atoms with Crippen molar-refractivity contribution in [3.05, 3.63) is 77.7 Å². The number of carbonyl (C=O) groups is 1. The number of halogens is 1. The summed E-state index contributed by atoms with van der Waals surface area (Å²) in [5.41, 5.74) is 1.18. The number of hydrogen-bond acceptors (Lipinski definition) is 4. The number of hydrogen-bond donors (Lipinski definition) is 0. The van der Waals surface area contributed by atoms with E-state index in [4.69, 9.17) is 9.47 Å². The van der Waals surface area contributed by atoms with E-state index >= 15 is 0 Å². The van der Waals surface area contributed by atoms with Crippen molar-refractivity contribution in [1.29, 1.82) is 0 Å². The molecule has 3 aromatic rings. The van der Waals surface area contributed by atoms with Crippen LogP contribution in [0.5, 0.6) is 5.88 Å². The van der Waals surface area contributed by atoms with E-state index in [1.54, 1.807) is 19.2 Å². The largest absolute Gasteiger partial charge is 0.404 e. The van der Waals surface area contributed by atoms with Crippen LogP contribution in [0.15, 0.2) is 60.7 Å². The number of carbonyl (C=O) groups excluding carboxylic acids is 1. The second-order valence-corrected chi connectivity index (χ2v) is 5.02. The van der Waals surface area contributed by atoms with Gasteiger partial charge in [-0.05, 0) is 24.3 Å². The summed E-state index contributed by atoms with van der Waals surface area (Å²) in [5, 5.41) is 4.36. The predicted molar refractivity (Wildman–Crippen MR) is 85.6 cm³/mol. The van der Waals surface area contributed by atoms with Crippen LogP contribution in [0.2, 0.25) is 0 Å². The lowest BCUT2D eigenvalue weighted by molar-refractivity contribution is 0.0718. The third kappa shape index (κ3) is 3.33. The SMILES string of the molecule is COCc1cc(OC(=O)c2ccccc2F)n(-c2ccccc2)n1. The van der Waals surface area contributed by atoms with Gasteiger partial charge in [0.25, 0.3) is 0 Å². The van der Waals surface area contributed by atoms with E-state index in [0.29, 0.717) is 5.69 Å². The molecule has 0 radical (unpaired) electrons. The summed E-state index contributed by atoms with van der Waals surface area (Å²) in [6.45, 7) is 0.268. The molecular formula is C18H15FN2O3. The van der Waals surface area contributed by atoms with Crippen molar-refractivity contribution in [2.45, 2.75) is 6.61 Å². The van der Waals surface area contributed by atoms with Gasteiger partial charge in [-0.15, -0.1) is 0 Å². The molecule has 0 spiro atoms. The molecule has 1 heterocycles. The normalized spacial score (nSPS) is 10.6. The van der Waals surface area contributed by atoms with Gasteiger partial charge in [0, 0.05) is 13.2 Å². The molecule has 1 aromatic heterocycles. The van der Waals surface area contributed by atoms with Crippen molar-refractivity contribution >= 4 is 5.97 Å². The van der Waals surface area contributed by atoms with Crippen LogP contribution in [0.4, 0.5) is 4.39 Å². The maximum Gasteiger partial charge on any atom is 0.347 e. The maximum atomic E-state index is 13.7. The van der Waals surface area contributed by atoms with Crippen LogP contribution in [0.25, 0.3) is 5.69 Å². The van der Waals surface area contributed by atoms with Crippen LogP contribution in [-0.4, -0.2) is 22.9 Å². The molecule has 6 heteroatoms. The summed E-state index contributed by atoms with van der Waals surface area (Å²) in [4.78, 5) is 12.3. The molecule has 0 N–H and O–H groups in total. The molecule has 0 unspecified atom stereocenters. The molecule has 0 fully saturated rings. The van der Waals surface area contributed by atoms with E-state index in [0.717, 1.165) is 5.69 Å². The zero-order valence-corrected chi connectivity index (χ0v) is 13.0. The van der Waals surface area contributed by atoms with Crippen molar-refractivity contribution < 1.29 is 18.7 Å². The zero-order chi connectivity index (χ0) is 16.9. The number of methoxy groups -OCH3 is 1. The Bertz CT molecular complexity index is 846. The first-order valence-electron chi connectivity index (χ1n) is 7.29. The fourth-order valence-electron chi connectivity index (χ4n) is 2.23. The average Bonchev–Trinajstić information content (AvgIpc) is 2.99. The van der Waals surface area contributed by atoms with Gasteiger partial charge in [0.15, 0.2) is 0 Å². The Balaban J connectivity index is 1.95. The molecule has 3 rings (SSSR count). The van der Waals surface area contributed by atoms with Gasteiger partial charge in [-0.25, -0.2) is 13.9 Å². The third-order valence-corrected chi connectivity index (χ3v) is 3.31. The van der Waals surface area contributed by atoms with Gasteiger partial charge in [0.05, 0.1) is 23.6 Å². The van der Waals surface area contributed by atoms with Crippen LogP contribution < -0.4 is 4.74 Å². The number of benzene rings is 2. The molecule has 0 saturated heterocycles. The van der Waals surface area contributed by atoms with Gasteiger partial charge < -0.3 is 9.47 Å². The smallest absolute Gasteiger partial charge is 0.347 e. The minimum Gasteiger partial charge on any atom is -0.404 e. The Kier molecular flexibility index (Phi) is 4.67. The third-order valence-electron chi connectivity index (χ3n) is 3.31. The molecule has 2 aromatic carbocycles. The van der Waals surface area contributed by atoms with E-state index in [-0.39, 0.29) is 18.1 Å². The summed E-state index contributed by atoms with van der Waals surface area (Å²) in [6.07, 6.45) is 0. The summed E-state index contributed by atoms with van der Waals surface area (Å²) < 4.78 is 25.7. The highest BCUT2D eigenvalue weighted by atomic mass is 19.1. The topological polar surface area (TPSA) is 53.4 Å². The molecule has 0 amide bonds. The predicted octanol–water partition coefficient (Wildman–Crippen LogP) is 3.38. The number of aromatic nitrogens is 2. The van der Waals surface area contributed by atoms with Gasteiger partial charge in [-0.1, -0.05) is 30.3 Å². The van der Waals surface area contributed by atoms with Crippen LogP contribution in [-0.2, 0) is 11.3 Å². The van der Waals surface area contributed by atoms with Gasteiger partial charge >= 0.3 is 5.97 Å². The van der Waals surface area contributed by atoms with Crippen LogP contribution in [0.1, 0.15) is 16.1 Å². The Morgan fingerprint density at radius 2 is 1.83 bits per heavy atom. The number of esters is 1. The fraction of sp³-hybridized carbons (Fsp3) is 0.111. The summed E-state index contributed by atoms with van der Waals surface area (Å²) >= 11 is 0. The van der Waals surface area contributed by atoms with E-state index in [1.165, 1.54) is 22.9 Å². The lowest BCUT2D eigenvalue weighted by Gasteiger charge is -2.08. The van der Waals surface area contributed by atoms with Gasteiger partial charge in [-0.3, -0.25) is 0 Å². The molecule has 5 nitrogen and oxygen atoms in total. The molecule has 24 heavy (non-hydrogen) atoms. The number of ether oxygens (including phenoxy) is 2. The van der Waals surface area contributed by atoms with Gasteiger partial charge in [0.1, 0.15) is 5.82 Å². The number of para-hydroxylation sites is 1. The first kappa shape index (κ1) is 15.9. The van der Waals surface area contributed by atoms with Crippen molar-refractivity contribution in [3.63, 3.8) is 0 Å². The standard InChI is InChI=1S/C18H15FN2O3/c1-23-12-13-11-17(21(20-13)14-7-3-2-4-8-14)24-18(22)15-9-5-6-10-16(15)19/h2-11H,12H2,1H3. The molecule has 0 bridgehead atoms. The molecule has 0 aliphatic rings. The quantitative estimate of drug-likeness (QED) is 0.675. The van der Waals surface area contributed by atoms with Crippen LogP contribution in [0.3, 0.4) is 0 Å². The summed E-state index contributed by atoms with van der Waals surface area (Å²) in [5.74, 6) is -1.22. The zero-order valence-electron chi connectivity index (χ0n) is 13.0. The lowest BCUT2D eigenvalue weighted by atomic mass is 10.2. The van der Waals surface area contributed by atoms with Crippen molar-refractivity contribution in [2.75, 3.05) is 7.11 Å². The van der Waals surface area contributed by atoms with E-state index in [9.17, 15) is 9.18 Å². The van der Waals surface area contributed by atoms with Crippen molar-refractivity contribution in [1.82, 2.24) is 9.78 Å². The minimum atomic E-state index is -0.783. The number of nitrogens with zero attached hydrogens (tertiary/aromatic N) is 2. The second kappa shape index (κ2) is 7.06. The molecule has 122 valence electrons. The van der Waals surface area contributed by atoms with E-state index in [1.807, 2.05) is 30.3 Å². The highest BCUT2D eigenvalue weighted by Crippen LogP contribution is 2.21. The maximum absolute atomic E-state index is 13.7. The van der Waals surface area contributed by atoms with Gasteiger partial charge in [-0.2, -0.15) is 5.10 Å². The van der Waals surface area contributed by atoms with Crippen LogP contribution >= 0.6 is 0 Å². The first-order valence-corrected chi connectivity index (χ1v) is 7.29. The van der Waals surface area contributed by atoms with E-state index < -0.39 is 11.8 Å². The Hall–Kier alpha value is -2.99. The Morgan fingerprint density at radius 3 is 2.54 bits per heavy atom. The monoisotopic (exact) mass is 326 g/mol. The molecular weight excluding hydrogens is 311 g/mol. The molecule has 0 aliphatic carbocycles. The summed E-state index contributed by atoms with van der Waals surface area (Å²) in [7, 11) is 1.55. The minimum absolute atomic E-state index is 0.133. The molecule has 0 atom stereocenters. The fourth-order valence-corrected chi connectivity index (χ4v) is 2.23. The molecule has 0 saturated carbocycles. The Morgan fingerprint density at radius 1 is 1.12 bits per heavy atom. The van der Waals surface area contributed by atoms with Gasteiger partial charge in [0.2, 0.25) is 5.88 Å². The highest BCUT2D eigenvalue weighted by molar-refractivity contribution is 5.91. The summed E-state index contributed by atoms with van der Waals surface area (Å²) in [6, 6.07) is 16.5. The second-order valence-electron chi connectivity index (χ2n) is 5.02. The molecule has 0 aliphatic heterocycles. The van der Waals surface area contributed by atoms with Crippen molar-refractivity contribution in [2.24, 2.45) is 0 Å². The van der Waals surface area contributed by atoms with Crippen LogP contribution in [0, 0.1) is 5.82 Å². The number of rotatable bonds is 5. The highest BCUT2D eigenvalue weighted by Gasteiger charge is 2.18. The lowest BCUT2D eigenvalue weighted by Crippen LogP contribution is -2.13. The van der Waals surface area contributed by atoms with E-state index in [2.05, 4.69) is 5.10 Å². The van der Waals surface area contributed by atoms with Crippen molar-refractivity contribution in [3.8, 4) is 11.6 Å².